The number of alkyl halides is 3. The number of aromatic amines is 1. The van der Waals surface area contributed by atoms with E-state index in [0.717, 1.165) is 18.4 Å². The van der Waals surface area contributed by atoms with Crippen LogP contribution in [0.2, 0.25) is 5.02 Å². The zero-order valence-electron chi connectivity index (χ0n) is 15.9. The van der Waals surface area contributed by atoms with Gasteiger partial charge in [-0.15, -0.1) is 0 Å². The van der Waals surface area contributed by atoms with E-state index < -0.39 is 12.8 Å². The van der Waals surface area contributed by atoms with Gasteiger partial charge in [0.15, 0.2) is 6.61 Å². The van der Waals surface area contributed by atoms with Crippen LogP contribution in [0.3, 0.4) is 0 Å². The fourth-order valence-corrected chi connectivity index (χ4v) is 3.91. The highest BCUT2D eigenvalue weighted by Gasteiger charge is 2.30. The predicted molar refractivity (Wildman–Crippen MR) is 107 cm³/mol. The molecule has 1 fully saturated rings. The number of H-pyrrole nitrogens is 1. The lowest BCUT2D eigenvalue weighted by molar-refractivity contribution is -0.154. The van der Waals surface area contributed by atoms with Gasteiger partial charge in [-0.2, -0.15) is 13.2 Å². The van der Waals surface area contributed by atoms with Gasteiger partial charge in [-0.1, -0.05) is 29.8 Å². The summed E-state index contributed by atoms with van der Waals surface area (Å²) in [7, 11) is 0. The molecule has 1 aliphatic rings. The largest absolute Gasteiger partial charge is 0.467 e. The molecule has 0 radical (unpaired) electrons. The number of hydrogen-bond donors (Lipinski definition) is 1. The number of nitrogens with one attached hydrogen (secondary N) is 1. The summed E-state index contributed by atoms with van der Waals surface area (Å²) in [6.07, 6.45) is -1.67. The zero-order chi connectivity index (χ0) is 21.3. The van der Waals surface area contributed by atoms with Crippen molar-refractivity contribution in [1.82, 2.24) is 14.9 Å². The van der Waals surface area contributed by atoms with E-state index in [1.165, 1.54) is 23.3 Å². The van der Waals surface area contributed by atoms with Crippen molar-refractivity contribution < 1.29 is 22.7 Å². The van der Waals surface area contributed by atoms with Crippen molar-refractivity contribution in [1.29, 1.82) is 0 Å². The van der Waals surface area contributed by atoms with E-state index in [0.29, 0.717) is 19.0 Å². The van der Waals surface area contributed by atoms with Crippen LogP contribution in [-0.4, -0.2) is 46.6 Å². The number of likely N-dealkylation sites (tertiary alicyclic amines) is 1. The van der Waals surface area contributed by atoms with Gasteiger partial charge in [0.05, 0.1) is 5.56 Å². The molecule has 2 aromatic heterocycles. The Hall–Kier alpha value is -2.74. The number of carbonyl (C=O) groups is 1. The summed E-state index contributed by atoms with van der Waals surface area (Å²) in [4.78, 5) is 21.7. The van der Waals surface area contributed by atoms with Crippen molar-refractivity contribution in [2.24, 2.45) is 0 Å². The third-order valence-corrected chi connectivity index (χ3v) is 5.47. The molecular weight excluding hydrogens is 419 g/mol. The quantitative estimate of drug-likeness (QED) is 0.612. The van der Waals surface area contributed by atoms with Crippen LogP contribution in [0.15, 0.2) is 42.6 Å². The molecule has 1 aromatic carbocycles. The van der Waals surface area contributed by atoms with Crippen LogP contribution in [-0.2, 0) is 0 Å². The second-order valence-electron chi connectivity index (χ2n) is 7.29. The van der Waals surface area contributed by atoms with Crippen molar-refractivity contribution in [3.8, 4) is 5.88 Å². The Bertz CT molecular complexity index is 1030. The van der Waals surface area contributed by atoms with Crippen LogP contribution in [0, 0.1) is 0 Å². The van der Waals surface area contributed by atoms with Gasteiger partial charge in [0.2, 0.25) is 5.88 Å². The fraction of sp³-hybridized carbons (Fsp3) is 0.333. The number of nitrogens with zero attached hydrogens (tertiary/aromatic N) is 2. The minimum absolute atomic E-state index is 0.127. The van der Waals surface area contributed by atoms with Crippen LogP contribution in [0.5, 0.6) is 5.88 Å². The average Bonchev–Trinajstić information content (AvgIpc) is 3.16. The lowest BCUT2D eigenvalue weighted by Gasteiger charge is -2.31. The average molecular weight is 438 g/mol. The standard InChI is InChI=1S/C21H19ClF3N3O2/c22-16-9-15(11-26-19(16)30-12-21(23,24)25)20(29)28-7-5-13(6-8-28)18-10-14-3-1-2-4-17(14)27-18/h1-4,9-11,13,27H,5-8,12H2. The number of fused-ring (bicyclic) bond motifs is 1. The van der Waals surface area contributed by atoms with Crippen LogP contribution >= 0.6 is 11.6 Å². The van der Waals surface area contributed by atoms with Crippen molar-refractivity contribution in [2.75, 3.05) is 19.7 Å². The normalized spacial score (nSPS) is 15.5. The van der Waals surface area contributed by atoms with E-state index in [4.69, 9.17) is 11.6 Å². The molecule has 0 bridgehead atoms. The van der Waals surface area contributed by atoms with Crippen molar-refractivity contribution in [3.05, 3.63) is 58.9 Å². The van der Waals surface area contributed by atoms with Crippen LogP contribution in [0.1, 0.15) is 34.8 Å². The molecule has 0 spiro atoms. The minimum atomic E-state index is -4.49. The van der Waals surface area contributed by atoms with E-state index in [1.54, 1.807) is 4.90 Å². The van der Waals surface area contributed by atoms with Gasteiger partial charge in [0.25, 0.3) is 5.91 Å². The first-order valence-electron chi connectivity index (χ1n) is 9.52. The number of aromatic nitrogens is 2. The van der Waals surface area contributed by atoms with Crippen LogP contribution in [0.4, 0.5) is 13.2 Å². The van der Waals surface area contributed by atoms with Crippen LogP contribution < -0.4 is 4.74 Å². The smallest absolute Gasteiger partial charge is 0.422 e. The first kappa shape index (κ1) is 20.5. The van der Waals surface area contributed by atoms with E-state index in [1.807, 2.05) is 18.2 Å². The van der Waals surface area contributed by atoms with E-state index in [-0.39, 0.29) is 22.4 Å². The SMILES string of the molecule is O=C(c1cnc(OCC(F)(F)F)c(Cl)c1)N1CCC(c2cc3ccccc3[nH]2)CC1. The number of hydrogen-bond acceptors (Lipinski definition) is 3. The highest BCUT2D eigenvalue weighted by molar-refractivity contribution is 6.32. The van der Waals surface area contributed by atoms with Gasteiger partial charge in [-0.05, 0) is 36.4 Å². The van der Waals surface area contributed by atoms with Gasteiger partial charge >= 0.3 is 6.18 Å². The van der Waals surface area contributed by atoms with Gasteiger partial charge in [0, 0.05) is 36.4 Å². The molecule has 9 heteroatoms. The Balaban J connectivity index is 1.38. The predicted octanol–water partition coefficient (Wildman–Crippen LogP) is 5.18. The molecule has 1 aliphatic heterocycles. The van der Waals surface area contributed by atoms with E-state index >= 15 is 0 Å². The molecule has 4 rings (SSSR count). The fourth-order valence-electron chi connectivity index (χ4n) is 3.69. The van der Waals surface area contributed by atoms with E-state index in [9.17, 15) is 18.0 Å². The summed E-state index contributed by atoms with van der Waals surface area (Å²) in [6.45, 7) is -0.347. The number of amides is 1. The molecule has 1 amide bonds. The molecule has 30 heavy (non-hydrogen) atoms. The third-order valence-electron chi connectivity index (χ3n) is 5.20. The van der Waals surface area contributed by atoms with Gasteiger partial charge in [0.1, 0.15) is 5.02 Å². The number of benzene rings is 1. The Labute approximate surface area is 175 Å². The number of para-hydroxylation sites is 1. The lowest BCUT2D eigenvalue weighted by Crippen LogP contribution is -2.38. The molecule has 3 heterocycles. The first-order valence-corrected chi connectivity index (χ1v) is 9.90. The Morgan fingerprint density at radius 1 is 1.23 bits per heavy atom. The third kappa shape index (κ3) is 4.53. The molecule has 5 nitrogen and oxygen atoms in total. The molecule has 0 saturated carbocycles. The van der Waals surface area contributed by atoms with E-state index in [2.05, 4.69) is 26.8 Å². The van der Waals surface area contributed by atoms with Gasteiger partial charge in [-0.25, -0.2) is 4.98 Å². The second-order valence-corrected chi connectivity index (χ2v) is 7.70. The maximum Gasteiger partial charge on any atom is 0.422 e. The number of ether oxygens (including phenoxy) is 1. The summed E-state index contributed by atoms with van der Waals surface area (Å²) in [5.41, 5.74) is 2.49. The summed E-state index contributed by atoms with van der Waals surface area (Å²) >= 11 is 5.95. The second kappa shape index (κ2) is 8.18. The molecule has 0 unspecified atom stereocenters. The lowest BCUT2D eigenvalue weighted by atomic mass is 9.93. The number of pyridine rings is 1. The summed E-state index contributed by atoms with van der Waals surface area (Å²) in [6, 6.07) is 11.5. The van der Waals surface area contributed by atoms with Crippen LogP contribution in [0.25, 0.3) is 10.9 Å². The number of rotatable bonds is 4. The molecule has 0 atom stereocenters. The molecule has 1 saturated heterocycles. The molecule has 0 aliphatic carbocycles. The number of carbonyl (C=O) groups excluding carboxylic acids is 1. The highest BCUT2D eigenvalue weighted by Crippen LogP contribution is 2.31. The topological polar surface area (TPSA) is 58.2 Å². The number of piperidine rings is 1. The Kier molecular flexibility index (Phi) is 5.60. The summed E-state index contributed by atoms with van der Waals surface area (Å²) < 4.78 is 41.4. The Morgan fingerprint density at radius 2 is 1.97 bits per heavy atom. The maximum atomic E-state index is 12.8. The molecule has 158 valence electrons. The molecular formula is C21H19ClF3N3O2. The highest BCUT2D eigenvalue weighted by atomic mass is 35.5. The summed E-state index contributed by atoms with van der Waals surface area (Å²) in [5, 5.41) is 1.04. The monoisotopic (exact) mass is 437 g/mol. The van der Waals surface area contributed by atoms with Gasteiger partial charge < -0.3 is 14.6 Å². The maximum absolute atomic E-state index is 12.8. The number of halogens is 4. The van der Waals surface area contributed by atoms with Crippen molar-refractivity contribution in [2.45, 2.75) is 24.9 Å². The summed E-state index contributed by atoms with van der Waals surface area (Å²) in [5.74, 6) is -0.258. The Morgan fingerprint density at radius 3 is 2.63 bits per heavy atom. The minimum Gasteiger partial charge on any atom is -0.467 e. The zero-order valence-corrected chi connectivity index (χ0v) is 16.6. The van der Waals surface area contributed by atoms with Crippen molar-refractivity contribution in [3.63, 3.8) is 0 Å². The van der Waals surface area contributed by atoms with Gasteiger partial charge in [-0.3, -0.25) is 4.79 Å². The van der Waals surface area contributed by atoms with Crippen molar-refractivity contribution >= 4 is 28.4 Å². The first-order chi connectivity index (χ1) is 14.3. The molecule has 1 N–H and O–H groups in total. The molecule has 3 aromatic rings.